The molecule has 0 aliphatic carbocycles. The second-order valence-corrected chi connectivity index (χ2v) is 7.94. The molecule has 0 saturated carbocycles. The van der Waals surface area contributed by atoms with Crippen molar-refractivity contribution in [3.05, 3.63) is 41.0 Å². The van der Waals surface area contributed by atoms with E-state index in [2.05, 4.69) is 26.0 Å². The molecule has 3 N–H and O–H groups in total. The maximum Gasteiger partial charge on any atom is 0.256 e. The van der Waals surface area contributed by atoms with Crippen molar-refractivity contribution in [1.82, 2.24) is 19.9 Å². The largest absolute Gasteiger partial charge is 0.493 e. The van der Waals surface area contributed by atoms with Crippen molar-refractivity contribution in [3.63, 3.8) is 0 Å². The highest BCUT2D eigenvalue weighted by atomic mass is 35.5. The van der Waals surface area contributed by atoms with Crippen molar-refractivity contribution < 1.29 is 9.53 Å². The minimum absolute atomic E-state index is 0.228. The van der Waals surface area contributed by atoms with Crippen LogP contribution < -0.4 is 20.7 Å². The van der Waals surface area contributed by atoms with Crippen LogP contribution in [0.15, 0.2) is 30.5 Å². The summed E-state index contributed by atoms with van der Waals surface area (Å²) in [5.74, 6) is 1.66. The van der Waals surface area contributed by atoms with Gasteiger partial charge in [-0.15, -0.1) is 0 Å². The van der Waals surface area contributed by atoms with Gasteiger partial charge < -0.3 is 20.7 Å². The quantitative estimate of drug-likeness (QED) is 0.580. The molecule has 28 heavy (non-hydrogen) atoms. The van der Waals surface area contributed by atoms with Gasteiger partial charge in [-0.3, -0.25) is 4.79 Å². The zero-order chi connectivity index (χ0) is 19.9. The van der Waals surface area contributed by atoms with E-state index >= 15 is 0 Å². The number of carbonyl (C=O) groups excluding carboxylic acids is 1. The van der Waals surface area contributed by atoms with Crippen LogP contribution >= 0.6 is 11.6 Å². The molecule has 4 bridgehead atoms. The van der Waals surface area contributed by atoms with E-state index in [9.17, 15) is 4.79 Å². The maximum atomic E-state index is 12.8. The predicted octanol–water partition coefficient (Wildman–Crippen LogP) is 3.32. The van der Waals surface area contributed by atoms with Crippen molar-refractivity contribution in [3.8, 4) is 5.75 Å². The summed E-state index contributed by atoms with van der Waals surface area (Å²) < 4.78 is 7.54. The monoisotopic (exact) mass is 400 g/mol. The van der Waals surface area contributed by atoms with Gasteiger partial charge in [-0.2, -0.15) is 9.61 Å². The van der Waals surface area contributed by atoms with E-state index in [1.807, 2.05) is 19.9 Å². The second kappa shape index (κ2) is 6.87. The minimum Gasteiger partial charge on any atom is -0.493 e. The Morgan fingerprint density at radius 2 is 2.11 bits per heavy atom. The van der Waals surface area contributed by atoms with Crippen molar-refractivity contribution >= 4 is 40.5 Å². The smallest absolute Gasteiger partial charge is 0.256 e. The number of hydrogen-bond acceptors (Lipinski definition) is 6. The average Bonchev–Trinajstić information content (AvgIpc) is 3.07. The Morgan fingerprint density at radius 3 is 2.89 bits per heavy atom. The number of amides is 1. The molecule has 0 atom stereocenters. The molecular formula is C19H21ClN6O2. The fourth-order valence-electron chi connectivity index (χ4n) is 2.98. The number of rotatable bonds is 1. The molecule has 0 unspecified atom stereocenters. The number of anilines is 3. The van der Waals surface area contributed by atoms with E-state index in [4.69, 9.17) is 16.3 Å². The topological polar surface area (TPSA) is 92.6 Å². The zero-order valence-electron chi connectivity index (χ0n) is 15.8. The lowest BCUT2D eigenvalue weighted by Gasteiger charge is -2.25. The molecule has 3 aromatic rings. The molecule has 146 valence electrons. The molecule has 1 aromatic carbocycles. The second-order valence-electron chi connectivity index (χ2n) is 7.51. The Balaban J connectivity index is 1.87. The number of halogens is 1. The first kappa shape index (κ1) is 18.4. The van der Waals surface area contributed by atoms with Crippen LogP contribution in [-0.4, -0.2) is 40.7 Å². The van der Waals surface area contributed by atoms with Crippen LogP contribution in [0.2, 0.25) is 5.02 Å². The van der Waals surface area contributed by atoms with Crippen LogP contribution in [0.3, 0.4) is 0 Å². The number of nitrogens with zero attached hydrogens (tertiary/aromatic N) is 3. The van der Waals surface area contributed by atoms with Crippen LogP contribution in [0.4, 0.5) is 17.3 Å². The van der Waals surface area contributed by atoms with Crippen LogP contribution in [0.5, 0.6) is 5.75 Å². The van der Waals surface area contributed by atoms with Crippen LogP contribution in [-0.2, 0) is 0 Å². The Morgan fingerprint density at radius 1 is 1.29 bits per heavy atom. The zero-order valence-corrected chi connectivity index (χ0v) is 16.6. The van der Waals surface area contributed by atoms with E-state index < -0.39 is 0 Å². The van der Waals surface area contributed by atoms with E-state index in [0.717, 1.165) is 5.69 Å². The lowest BCUT2D eigenvalue weighted by molar-refractivity contribution is 0.0920. The predicted molar refractivity (Wildman–Crippen MR) is 109 cm³/mol. The van der Waals surface area contributed by atoms with Crippen LogP contribution in [0.1, 0.15) is 24.2 Å². The molecule has 1 aliphatic rings. The van der Waals surface area contributed by atoms with Gasteiger partial charge >= 0.3 is 0 Å². The molecule has 0 saturated heterocycles. The molecule has 1 aliphatic heterocycles. The van der Waals surface area contributed by atoms with Crippen LogP contribution in [0, 0.1) is 5.41 Å². The Kier molecular flexibility index (Phi) is 4.50. The van der Waals surface area contributed by atoms with Gasteiger partial charge in [0.25, 0.3) is 5.91 Å². The molecule has 0 radical (unpaired) electrons. The summed E-state index contributed by atoms with van der Waals surface area (Å²) in [6, 6.07) is 7.23. The summed E-state index contributed by atoms with van der Waals surface area (Å²) in [7, 11) is 1.78. The molecule has 0 fully saturated rings. The third-order valence-corrected chi connectivity index (χ3v) is 4.69. The van der Waals surface area contributed by atoms with Crippen LogP contribution in [0.25, 0.3) is 5.65 Å². The minimum atomic E-state index is -0.284. The van der Waals surface area contributed by atoms with E-state index in [1.165, 1.54) is 6.20 Å². The first-order chi connectivity index (χ1) is 13.3. The van der Waals surface area contributed by atoms with Gasteiger partial charge in [0.15, 0.2) is 5.65 Å². The summed E-state index contributed by atoms with van der Waals surface area (Å²) in [6.45, 7) is 4.90. The average molecular weight is 401 g/mol. The standard InChI is InChI=1S/C19H21ClN6O2/c1-19(2)9-22-18(27)14-8-23-26-16(21-3)7-15(25-17(14)26)24-12-4-11(20)5-13(6-12)28-10-19/h4-8,21H,9-10H2,1-3H3,(H,22,27)(H,24,25). The molecule has 9 heteroatoms. The van der Waals surface area contributed by atoms with Gasteiger partial charge in [0, 0.05) is 41.9 Å². The van der Waals surface area contributed by atoms with Gasteiger partial charge in [-0.25, -0.2) is 4.98 Å². The maximum absolute atomic E-state index is 12.8. The summed E-state index contributed by atoms with van der Waals surface area (Å²) >= 11 is 6.27. The van der Waals surface area contributed by atoms with Gasteiger partial charge in [-0.1, -0.05) is 25.4 Å². The third-order valence-electron chi connectivity index (χ3n) is 4.47. The summed E-state index contributed by atoms with van der Waals surface area (Å²) in [6.07, 6.45) is 1.52. The van der Waals surface area contributed by atoms with Gasteiger partial charge in [0.2, 0.25) is 0 Å². The molecule has 3 heterocycles. The Hall–Kier alpha value is -3.00. The highest BCUT2D eigenvalue weighted by Gasteiger charge is 2.23. The normalized spacial score (nSPS) is 16.1. The van der Waals surface area contributed by atoms with Crippen molar-refractivity contribution in [2.75, 3.05) is 30.8 Å². The van der Waals surface area contributed by atoms with E-state index in [0.29, 0.717) is 46.8 Å². The molecular weight excluding hydrogens is 380 g/mol. The Bertz CT molecular complexity index is 1060. The molecule has 8 nitrogen and oxygen atoms in total. The fraction of sp³-hybridized carbons (Fsp3) is 0.316. The lowest BCUT2D eigenvalue weighted by atomic mass is 9.94. The van der Waals surface area contributed by atoms with Gasteiger partial charge in [-0.05, 0) is 12.1 Å². The number of aromatic nitrogens is 3. The number of hydrogen-bond donors (Lipinski definition) is 3. The number of nitrogens with one attached hydrogen (secondary N) is 3. The number of carbonyl (C=O) groups is 1. The Labute approximate surface area is 167 Å². The van der Waals surface area contributed by atoms with Crippen molar-refractivity contribution in [2.45, 2.75) is 13.8 Å². The highest BCUT2D eigenvalue weighted by molar-refractivity contribution is 6.31. The van der Waals surface area contributed by atoms with E-state index in [1.54, 1.807) is 29.8 Å². The fourth-order valence-corrected chi connectivity index (χ4v) is 3.20. The van der Waals surface area contributed by atoms with Crippen molar-refractivity contribution in [1.29, 1.82) is 0 Å². The number of benzene rings is 1. The van der Waals surface area contributed by atoms with Crippen molar-refractivity contribution in [2.24, 2.45) is 5.41 Å². The molecule has 4 rings (SSSR count). The van der Waals surface area contributed by atoms with Gasteiger partial charge in [0.05, 0.1) is 12.8 Å². The summed E-state index contributed by atoms with van der Waals surface area (Å²) in [5, 5.41) is 14.1. The molecule has 0 spiro atoms. The first-order valence-corrected chi connectivity index (χ1v) is 9.28. The number of ether oxygens (including phenoxy) is 1. The molecule has 2 aromatic heterocycles. The van der Waals surface area contributed by atoms with Gasteiger partial charge in [0.1, 0.15) is 22.9 Å². The summed E-state index contributed by atoms with van der Waals surface area (Å²) in [5.41, 5.74) is 1.32. The third kappa shape index (κ3) is 3.55. The summed E-state index contributed by atoms with van der Waals surface area (Å²) in [4.78, 5) is 17.3. The lowest BCUT2D eigenvalue weighted by Crippen LogP contribution is -2.37. The highest BCUT2D eigenvalue weighted by Crippen LogP contribution is 2.29. The van der Waals surface area contributed by atoms with E-state index in [-0.39, 0.29) is 11.3 Å². The number of fused-ring (bicyclic) bond motifs is 3. The SMILES string of the molecule is CNc1cc2nc3c(cnn13)C(=O)NCC(C)(C)COc1cc(Cl)cc(c1)N2. The molecule has 1 amide bonds. The first-order valence-electron chi connectivity index (χ1n) is 8.90.